The van der Waals surface area contributed by atoms with E-state index in [0.29, 0.717) is 12.0 Å². The van der Waals surface area contributed by atoms with Gasteiger partial charge in [-0.05, 0) is 44.4 Å². The van der Waals surface area contributed by atoms with Crippen LogP contribution in [0.25, 0.3) is 0 Å². The van der Waals surface area contributed by atoms with Crippen molar-refractivity contribution in [3.8, 4) is 0 Å². The summed E-state index contributed by atoms with van der Waals surface area (Å²) in [7, 11) is 0. The van der Waals surface area contributed by atoms with Gasteiger partial charge in [-0.1, -0.05) is 19.1 Å². The van der Waals surface area contributed by atoms with E-state index in [1.54, 1.807) is 26.0 Å². The first kappa shape index (κ1) is 16.0. The average molecular weight is 282 g/mol. The van der Waals surface area contributed by atoms with E-state index in [-0.39, 0.29) is 6.10 Å². The molecule has 0 saturated heterocycles. The van der Waals surface area contributed by atoms with E-state index in [0.717, 1.165) is 11.1 Å². The first-order valence-corrected chi connectivity index (χ1v) is 6.28. The van der Waals surface area contributed by atoms with Crippen molar-refractivity contribution in [3.05, 3.63) is 34.9 Å². The van der Waals surface area contributed by atoms with Gasteiger partial charge >= 0.3 is 12.1 Å². The minimum absolute atomic E-state index is 0.305. The standard InChI is InChI=1S/C14H18O6/c1-5-10(3)17-14(16)19-20-18-13(15)12-8-6-7-9(2)11(12)4/h6-8,10H,5H2,1-4H3. The van der Waals surface area contributed by atoms with Crippen LogP contribution in [0.5, 0.6) is 0 Å². The SMILES string of the molecule is CCC(C)OC(=O)OOOC(=O)c1cccc(C)c1C. The third kappa shape index (κ3) is 4.55. The van der Waals surface area contributed by atoms with Crippen LogP contribution >= 0.6 is 0 Å². The lowest BCUT2D eigenvalue weighted by molar-refractivity contribution is -0.452. The van der Waals surface area contributed by atoms with Gasteiger partial charge in [0.2, 0.25) is 0 Å². The Morgan fingerprint density at radius 1 is 1.20 bits per heavy atom. The Balaban J connectivity index is 2.44. The number of hydrogen-bond acceptors (Lipinski definition) is 6. The molecule has 1 unspecified atom stereocenters. The summed E-state index contributed by atoms with van der Waals surface area (Å²) in [5.74, 6) is -0.748. The number of benzene rings is 1. The molecule has 1 atom stereocenters. The molecule has 1 rings (SSSR count). The Kier molecular flexibility index (Phi) is 5.99. The van der Waals surface area contributed by atoms with E-state index < -0.39 is 12.1 Å². The van der Waals surface area contributed by atoms with Crippen LogP contribution in [0.3, 0.4) is 0 Å². The summed E-state index contributed by atoms with van der Waals surface area (Å²) < 4.78 is 4.75. The molecule has 0 saturated carbocycles. The first-order chi connectivity index (χ1) is 9.45. The van der Waals surface area contributed by atoms with Crippen molar-refractivity contribution in [2.24, 2.45) is 0 Å². The fourth-order valence-electron chi connectivity index (χ4n) is 1.36. The van der Waals surface area contributed by atoms with E-state index in [1.807, 2.05) is 19.9 Å². The van der Waals surface area contributed by atoms with Gasteiger partial charge in [-0.2, -0.15) is 0 Å². The van der Waals surface area contributed by atoms with Crippen molar-refractivity contribution >= 4 is 12.1 Å². The molecule has 0 N–H and O–H groups in total. The molecule has 0 aliphatic rings. The molecule has 0 aliphatic carbocycles. The maximum absolute atomic E-state index is 11.7. The summed E-state index contributed by atoms with van der Waals surface area (Å²) >= 11 is 0. The topological polar surface area (TPSA) is 71.1 Å². The quantitative estimate of drug-likeness (QED) is 0.469. The van der Waals surface area contributed by atoms with Crippen molar-refractivity contribution < 1.29 is 29.1 Å². The smallest absolute Gasteiger partial charge is 0.429 e. The van der Waals surface area contributed by atoms with Crippen LogP contribution in [0.2, 0.25) is 0 Å². The Morgan fingerprint density at radius 2 is 1.90 bits per heavy atom. The predicted molar refractivity (Wildman–Crippen MR) is 69.7 cm³/mol. The highest BCUT2D eigenvalue weighted by atomic mass is 17.5. The predicted octanol–water partition coefficient (Wildman–Crippen LogP) is 3.26. The molecule has 6 nitrogen and oxygen atoms in total. The van der Waals surface area contributed by atoms with Crippen LogP contribution < -0.4 is 0 Å². The van der Waals surface area contributed by atoms with Crippen LogP contribution in [0.1, 0.15) is 41.8 Å². The third-order valence-electron chi connectivity index (χ3n) is 2.91. The molecular weight excluding hydrogens is 264 g/mol. The third-order valence-corrected chi connectivity index (χ3v) is 2.91. The zero-order valence-corrected chi connectivity index (χ0v) is 12.0. The number of aryl methyl sites for hydroxylation is 1. The molecule has 0 spiro atoms. The van der Waals surface area contributed by atoms with Gasteiger partial charge in [-0.15, -0.1) is 0 Å². The van der Waals surface area contributed by atoms with Crippen molar-refractivity contribution in [3.63, 3.8) is 0 Å². The van der Waals surface area contributed by atoms with Gasteiger partial charge in [-0.25, -0.2) is 14.5 Å². The van der Waals surface area contributed by atoms with E-state index in [4.69, 9.17) is 4.74 Å². The number of rotatable bonds is 5. The summed E-state index contributed by atoms with van der Waals surface area (Å²) in [5.41, 5.74) is 2.05. The molecule has 0 radical (unpaired) electrons. The summed E-state index contributed by atoms with van der Waals surface area (Å²) in [5, 5.41) is 4.13. The molecule has 110 valence electrons. The van der Waals surface area contributed by atoms with Crippen LogP contribution in [-0.2, 0) is 19.6 Å². The molecule has 1 aromatic rings. The monoisotopic (exact) mass is 282 g/mol. The first-order valence-electron chi connectivity index (χ1n) is 6.28. The summed E-state index contributed by atoms with van der Waals surface area (Å²) in [6.07, 6.45) is -0.730. The highest BCUT2D eigenvalue weighted by Crippen LogP contribution is 2.14. The number of hydrogen-bond donors (Lipinski definition) is 0. The Hall–Kier alpha value is -2.08. The highest BCUT2D eigenvalue weighted by molar-refractivity contribution is 5.90. The fraction of sp³-hybridized carbons (Fsp3) is 0.429. The van der Waals surface area contributed by atoms with Crippen molar-refractivity contribution in [2.75, 3.05) is 0 Å². The summed E-state index contributed by atoms with van der Waals surface area (Å²) in [4.78, 5) is 31.3. The van der Waals surface area contributed by atoms with E-state index in [1.165, 1.54) is 0 Å². The van der Waals surface area contributed by atoms with E-state index in [9.17, 15) is 9.59 Å². The zero-order chi connectivity index (χ0) is 15.1. The maximum atomic E-state index is 11.7. The van der Waals surface area contributed by atoms with Crippen LogP contribution in [0, 0.1) is 13.8 Å². The summed E-state index contributed by atoms with van der Waals surface area (Å²) in [6, 6.07) is 5.18. The molecule has 0 fully saturated rings. The minimum Gasteiger partial charge on any atom is -0.429 e. The second-order valence-electron chi connectivity index (χ2n) is 4.36. The highest BCUT2D eigenvalue weighted by Gasteiger charge is 2.16. The van der Waals surface area contributed by atoms with Gasteiger partial charge in [0.05, 0.1) is 10.6 Å². The number of carbonyl (C=O) groups is 2. The lowest BCUT2D eigenvalue weighted by atomic mass is 10.0. The van der Waals surface area contributed by atoms with Gasteiger partial charge in [0.1, 0.15) is 6.10 Å². The number of carbonyl (C=O) groups excluding carboxylic acids is 2. The van der Waals surface area contributed by atoms with Gasteiger partial charge in [0, 0.05) is 0 Å². The Morgan fingerprint density at radius 3 is 2.55 bits per heavy atom. The molecule has 0 aliphatic heterocycles. The van der Waals surface area contributed by atoms with Gasteiger partial charge in [-0.3, -0.25) is 4.89 Å². The Labute approximate surface area is 117 Å². The van der Waals surface area contributed by atoms with Crippen molar-refractivity contribution in [1.82, 2.24) is 0 Å². The molecule has 0 heterocycles. The Bertz CT molecular complexity index is 483. The van der Waals surface area contributed by atoms with E-state index >= 15 is 0 Å². The molecule has 0 bridgehead atoms. The number of ether oxygens (including phenoxy) is 1. The van der Waals surface area contributed by atoms with Gasteiger partial charge < -0.3 is 4.74 Å². The summed E-state index contributed by atoms with van der Waals surface area (Å²) in [6.45, 7) is 7.19. The van der Waals surface area contributed by atoms with Crippen molar-refractivity contribution in [1.29, 1.82) is 0 Å². The normalized spacial score (nSPS) is 11.6. The molecule has 6 heteroatoms. The second kappa shape index (κ2) is 7.49. The lowest BCUT2D eigenvalue weighted by Gasteiger charge is -2.09. The van der Waals surface area contributed by atoms with Crippen molar-refractivity contribution in [2.45, 2.75) is 40.2 Å². The largest absolute Gasteiger partial charge is 0.543 e. The molecule has 0 amide bonds. The molecule has 20 heavy (non-hydrogen) atoms. The second-order valence-corrected chi connectivity index (χ2v) is 4.36. The molecule has 1 aromatic carbocycles. The minimum atomic E-state index is -1.06. The average Bonchev–Trinajstić information content (AvgIpc) is 2.41. The van der Waals surface area contributed by atoms with Crippen LogP contribution in [0.4, 0.5) is 4.79 Å². The molecule has 0 aromatic heterocycles. The van der Waals surface area contributed by atoms with Gasteiger partial charge in [0.25, 0.3) is 0 Å². The lowest BCUT2D eigenvalue weighted by Crippen LogP contribution is -2.17. The zero-order valence-electron chi connectivity index (χ0n) is 12.0. The van der Waals surface area contributed by atoms with E-state index in [2.05, 4.69) is 14.8 Å². The fourth-order valence-corrected chi connectivity index (χ4v) is 1.36. The van der Waals surface area contributed by atoms with Crippen LogP contribution in [0.15, 0.2) is 18.2 Å². The van der Waals surface area contributed by atoms with Gasteiger partial charge in [0.15, 0.2) is 0 Å². The molecular formula is C14H18O6. The maximum Gasteiger partial charge on any atom is 0.543 e. The van der Waals surface area contributed by atoms with Crippen LogP contribution in [-0.4, -0.2) is 18.2 Å².